The molecule has 0 heterocycles. The summed E-state index contributed by atoms with van der Waals surface area (Å²) in [5, 5.41) is 0. The van der Waals surface area contributed by atoms with Crippen molar-refractivity contribution in [2.24, 2.45) is 0 Å². The van der Waals surface area contributed by atoms with Crippen LogP contribution in [0.1, 0.15) is 174 Å². The molecule has 0 aliphatic carbocycles. The minimum atomic E-state index is 0.924. The predicted molar refractivity (Wildman–Crippen MR) is 222 cm³/mol. The first-order valence-corrected chi connectivity index (χ1v) is 20.2. The Labute approximate surface area is 302 Å². The van der Waals surface area contributed by atoms with Gasteiger partial charge in [-0.15, -0.1) is 0 Å². The zero-order chi connectivity index (χ0) is 36.7. The Hall–Kier alpha value is -2.38. The van der Waals surface area contributed by atoms with Gasteiger partial charge in [0.1, 0.15) is 0 Å². The van der Waals surface area contributed by atoms with E-state index in [4.69, 9.17) is 4.74 Å². The molecule has 0 bridgehead atoms. The summed E-state index contributed by atoms with van der Waals surface area (Å²) < 4.78 is 5.13. The van der Waals surface area contributed by atoms with Gasteiger partial charge in [0, 0.05) is 13.2 Å². The molecule has 0 aromatic heterocycles. The second-order valence-electron chi connectivity index (χ2n) is 12.2. The fourth-order valence-corrected chi connectivity index (χ4v) is 4.57. The molecular weight excluding hydrogens is 581 g/mol. The lowest BCUT2D eigenvalue weighted by atomic mass is 10.0. The van der Waals surface area contributed by atoms with Crippen LogP contribution < -0.4 is 0 Å². The highest BCUT2D eigenvalue weighted by molar-refractivity contribution is 5.26. The molecule has 0 aliphatic rings. The van der Waals surface area contributed by atoms with E-state index >= 15 is 0 Å². The number of hydrogen-bond acceptors (Lipinski definition) is 1. The van der Waals surface area contributed by atoms with Gasteiger partial charge in [-0.25, -0.2) is 0 Å². The molecule has 3 aromatic rings. The van der Waals surface area contributed by atoms with Gasteiger partial charge in [-0.1, -0.05) is 201 Å². The molecule has 0 saturated carbocycles. The number of unbranched alkanes of at least 4 members (excludes halogenated alkanes) is 5. The number of rotatable bonds is 15. The summed E-state index contributed by atoms with van der Waals surface area (Å²) in [6, 6.07) is 26.2. The van der Waals surface area contributed by atoms with Crippen molar-refractivity contribution in [3.05, 3.63) is 106 Å². The quantitative estimate of drug-likeness (QED) is 0.147. The first-order valence-electron chi connectivity index (χ1n) is 20.2. The molecule has 1 nitrogen and oxygen atoms in total. The molecule has 3 aromatic carbocycles. The SMILES string of the molecule is CCCCC.CCCCCC.CCCOCCC.CCc1ccc(CC)cc1.CCc1cccc(CC)c1.CCc1ccccc1CC. The summed E-state index contributed by atoms with van der Waals surface area (Å²) >= 11 is 0. The largest absolute Gasteiger partial charge is 0.381 e. The predicted octanol–water partition coefficient (Wildman–Crippen LogP) is 15.0. The molecule has 0 amide bonds. The van der Waals surface area contributed by atoms with Crippen LogP contribution in [0.3, 0.4) is 0 Å². The van der Waals surface area contributed by atoms with E-state index in [0.717, 1.165) is 64.6 Å². The van der Waals surface area contributed by atoms with E-state index in [-0.39, 0.29) is 0 Å². The second-order valence-corrected chi connectivity index (χ2v) is 12.2. The average molecular weight is 663 g/mol. The van der Waals surface area contributed by atoms with Crippen molar-refractivity contribution >= 4 is 0 Å². The normalized spacial score (nSPS) is 9.50. The third-order valence-electron chi connectivity index (χ3n) is 7.89. The zero-order valence-electron chi connectivity index (χ0n) is 34.4. The van der Waals surface area contributed by atoms with Gasteiger partial charge >= 0.3 is 0 Å². The maximum atomic E-state index is 5.13. The Morgan fingerprint density at radius 1 is 0.333 bits per heavy atom. The highest BCUT2D eigenvalue weighted by atomic mass is 16.5. The van der Waals surface area contributed by atoms with Crippen molar-refractivity contribution < 1.29 is 4.74 Å². The lowest BCUT2D eigenvalue weighted by molar-refractivity contribution is 0.135. The Morgan fingerprint density at radius 3 is 0.938 bits per heavy atom. The Balaban J connectivity index is -0.000000517. The molecule has 0 spiro atoms. The lowest BCUT2D eigenvalue weighted by Crippen LogP contribution is -1.92. The first-order chi connectivity index (χ1) is 23.4. The van der Waals surface area contributed by atoms with Gasteiger partial charge in [0.25, 0.3) is 0 Å². The third kappa shape index (κ3) is 32.2. The molecule has 0 saturated heterocycles. The molecular formula is C47H82O. The fourth-order valence-electron chi connectivity index (χ4n) is 4.57. The van der Waals surface area contributed by atoms with Crippen LogP contribution in [0.25, 0.3) is 0 Å². The van der Waals surface area contributed by atoms with Crippen LogP contribution in [0, 0.1) is 0 Å². The van der Waals surface area contributed by atoms with Gasteiger partial charge in [-0.3, -0.25) is 0 Å². The van der Waals surface area contributed by atoms with Gasteiger partial charge in [-0.05, 0) is 84.7 Å². The molecule has 0 radical (unpaired) electrons. The number of hydrogen-bond donors (Lipinski definition) is 0. The van der Waals surface area contributed by atoms with Crippen LogP contribution >= 0.6 is 0 Å². The molecule has 276 valence electrons. The van der Waals surface area contributed by atoms with Crippen molar-refractivity contribution in [2.75, 3.05) is 13.2 Å². The minimum absolute atomic E-state index is 0.924. The van der Waals surface area contributed by atoms with E-state index < -0.39 is 0 Å². The minimum Gasteiger partial charge on any atom is -0.381 e. The average Bonchev–Trinajstić information content (AvgIpc) is 3.15. The molecule has 0 unspecified atom stereocenters. The fraction of sp³-hybridized carbons (Fsp3) is 0.617. The number of ether oxygens (including phenoxy) is 1. The molecule has 3 rings (SSSR count). The van der Waals surface area contributed by atoms with Crippen LogP contribution in [-0.2, 0) is 43.3 Å². The monoisotopic (exact) mass is 663 g/mol. The third-order valence-corrected chi connectivity index (χ3v) is 7.89. The number of aryl methyl sites for hydroxylation is 6. The van der Waals surface area contributed by atoms with Gasteiger partial charge in [0.2, 0.25) is 0 Å². The van der Waals surface area contributed by atoms with E-state index in [1.54, 1.807) is 0 Å². The standard InChI is InChI=1S/3C10H14.C6H14O.C6H14.C5H12/c1-3-9-5-7-10(4-2)8-6-9;1-3-9-6-5-7-10(4-2)8-9;1-3-9-7-5-6-8-10(9)4-2;1-3-5-7-6-4-2;1-3-5-6-4-2;1-3-5-4-2/h3*5-8H,3-4H2,1-2H3;3-6H2,1-2H3;3-6H2,1-2H3;3-5H2,1-2H3. The van der Waals surface area contributed by atoms with Crippen molar-refractivity contribution in [3.63, 3.8) is 0 Å². The molecule has 1 heteroatoms. The van der Waals surface area contributed by atoms with Crippen LogP contribution in [0.2, 0.25) is 0 Å². The van der Waals surface area contributed by atoms with E-state index in [1.807, 2.05) is 0 Å². The van der Waals surface area contributed by atoms with Gasteiger partial charge in [0.15, 0.2) is 0 Å². The topological polar surface area (TPSA) is 9.23 Å². The van der Waals surface area contributed by atoms with Crippen LogP contribution in [-0.4, -0.2) is 13.2 Å². The molecule has 0 N–H and O–H groups in total. The summed E-state index contributed by atoms with van der Waals surface area (Å²) in [5.41, 5.74) is 8.73. The van der Waals surface area contributed by atoms with Crippen LogP contribution in [0.5, 0.6) is 0 Å². The van der Waals surface area contributed by atoms with Crippen LogP contribution in [0.4, 0.5) is 0 Å². The van der Waals surface area contributed by atoms with E-state index in [1.165, 1.54) is 78.3 Å². The Bertz CT molecular complexity index is 928. The number of benzene rings is 3. The highest BCUT2D eigenvalue weighted by Crippen LogP contribution is 2.09. The summed E-state index contributed by atoms with van der Waals surface area (Å²) in [6.07, 6.45) is 18.8. The maximum Gasteiger partial charge on any atom is 0.0463 e. The zero-order valence-corrected chi connectivity index (χ0v) is 34.4. The summed E-state index contributed by atoms with van der Waals surface area (Å²) in [7, 11) is 0. The van der Waals surface area contributed by atoms with Crippen LogP contribution in [0.15, 0.2) is 72.8 Å². The van der Waals surface area contributed by atoms with Crippen molar-refractivity contribution in [1.82, 2.24) is 0 Å². The van der Waals surface area contributed by atoms with E-state index in [0.29, 0.717) is 0 Å². The summed E-state index contributed by atoms with van der Waals surface area (Å²) in [5.74, 6) is 0. The maximum absolute atomic E-state index is 5.13. The Morgan fingerprint density at radius 2 is 0.688 bits per heavy atom. The Kier molecular flexibility index (Phi) is 42.5. The van der Waals surface area contributed by atoms with Crippen molar-refractivity contribution in [2.45, 2.75) is 179 Å². The van der Waals surface area contributed by atoms with Crippen molar-refractivity contribution in [1.29, 1.82) is 0 Å². The van der Waals surface area contributed by atoms with Crippen molar-refractivity contribution in [3.8, 4) is 0 Å². The lowest BCUT2D eigenvalue weighted by Gasteiger charge is -2.02. The highest BCUT2D eigenvalue weighted by Gasteiger charge is 1.94. The second kappa shape index (κ2) is 40.8. The summed E-state index contributed by atoms with van der Waals surface area (Å²) in [4.78, 5) is 0. The van der Waals surface area contributed by atoms with E-state index in [9.17, 15) is 0 Å². The molecule has 0 aliphatic heterocycles. The summed E-state index contributed by atoms with van der Waals surface area (Å²) in [6.45, 7) is 28.1. The molecule has 48 heavy (non-hydrogen) atoms. The van der Waals surface area contributed by atoms with Gasteiger partial charge in [-0.2, -0.15) is 0 Å². The smallest absolute Gasteiger partial charge is 0.0463 e. The van der Waals surface area contributed by atoms with Gasteiger partial charge in [0.05, 0.1) is 0 Å². The molecule has 0 fully saturated rings. The first kappa shape index (κ1) is 50.0. The van der Waals surface area contributed by atoms with E-state index in [2.05, 4.69) is 156 Å². The van der Waals surface area contributed by atoms with Gasteiger partial charge < -0.3 is 4.74 Å². The molecule has 0 atom stereocenters.